The van der Waals surface area contributed by atoms with E-state index in [1.807, 2.05) is 18.5 Å². The van der Waals surface area contributed by atoms with E-state index in [-0.39, 0.29) is 6.04 Å². The van der Waals surface area contributed by atoms with Crippen LogP contribution in [0.15, 0.2) is 4.60 Å². The molecule has 1 atom stereocenters. The number of hydrogen-bond donors (Lipinski definition) is 0. The lowest BCUT2D eigenvalue weighted by molar-refractivity contribution is 0.131. The largest absolute Gasteiger partial charge is 0.326 e. The minimum atomic E-state index is -0.257. The molecule has 1 saturated heterocycles. The van der Waals surface area contributed by atoms with Crippen molar-refractivity contribution in [1.82, 2.24) is 19.4 Å². The summed E-state index contributed by atoms with van der Waals surface area (Å²) < 4.78 is 2.88. The maximum atomic E-state index is 9.45. The summed E-state index contributed by atoms with van der Waals surface area (Å²) in [5.74, 6) is 0.922. The summed E-state index contributed by atoms with van der Waals surface area (Å²) in [4.78, 5) is 9.00. The Morgan fingerprint density at radius 3 is 2.33 bits per heavy atom. The fraction of sp³-hybridized carbons (Fsp3) is 0.667. The summed E-state index contributed by atoms with van der Waals surface area (Å²) in [7, 11) is 4.06. The summed E-state index contributed by atoms with van der Waals surface area (Å²) in [6.45, 7) is 5.78. The highest BCUT2D eigenvalue weighted by atomic mass is 79.9. The highest BCUT2D eigenvalue weighted by molar-refractivity contribution is 9.10. The van der Waals surface area contributed by atoms with Crippen LogP contribution in [-0.4, -0.2) is 52.6 Å². The van der Waals surface area contributed by atoms with Crippen molar-refractivity contribution in [3.05, 3.63) is 16.1 Å². The highest BCUT2D eigenvalue weighted by Crippen LogP contribution is 2.27. The smallest absolute Gasteiger partial charge is 0.143 e. The van der Waals surface area contributed by atoms with Crippen LogP contribution in [0.1, 0.15) is 17.6 Å². The third kappa shape index (κ3) is 2.44. The second kappa shape index (κ2) is 5.39. The monoisotopic (exact) mass is 311 g/mol. The quantitative estimate of drug-likeness (QED) is 0.826. The van der Waals surface area contributed by atoms with E-state index in [1.165, 1.54) is 0 Å². The zero-order valence-electron chi connectivity index (χ0n) is 11.0. The van der Waals surface area contributed by atoms with Gasteiger partial charge in [0.1, 0.15) is 22.2 Å². The van der Waals surface area contributed by atoms with Gasteiger partial charge in [0.15, 0.2) is 0 Å². The van der Waals surface area contributed by atoms with E-state index in [2.05, 4.69) is 43.8 Å². The molecule has 2 rings (SSSR count). The van der Waals surface area contributed by atoms with E-state index >= 15 is 0 Å². The van der Waals surface area contributed by atoms with E-state index in [0.717, 1.165) is 42.3 Å². The standard InChI is InChI=1S/C12H18BrN5/c1-9-15-11(12(13)17(9)3)10(8-14)18-6-4-16(2)5-7-18/h10H,4-7H2,1-3H3. The lowest BCUT2D eigenvalue weighted by Gasteiger charge is -2.34. The number of nitriles is 1. The topological polar surface area (TPSA) is 48.1 Å². The zero-order chi connectivity index (χ0) is 13.3. The average molecular weight is 312 g/mol. The summed E-state index contributed by atoms with van der Waals surface area (Å²) in [5, 5.41) is 9.45. The number of hydrogen-bond acceptors (Lipinski definition) is 4. The van der Waals surface area contributed by atoms with Crippen LogP contribution in [0.5, 0.6) is 0 Å². The van der Waals surface area contributed by atoms with Crippen molar-refractivity contribution < 1.29 is 0 Å². The molecule has 6 heteroatoms. The van der Waals surface area contributed by atoms with Gasteiger partial charge in [0, 0.05) is 33.2 Å². The fourth-order valence-electron chi connectivity index (χ4n) is 2.18. The molecule has 5 nitrogen and oxygen atoms in total. The molecular weight excluding hydrogens is 294 g/mol. The zero-order valence-corrected chi connectivity index (χ0v) is 12.6. The molecule has 0 N–H and O–H groups in total. The van der Waals surface area contributed by atoms with Crippen LogP contribution in [0.25, 0.3) is 0 Å². The van der Waals surface area contributed by atoms with Gasteiger partial charge in [0.2, 0.25) is 0 Å². The SMILES string of the molecule is Cc1nc(C(C#N)N2CCN(C)CC2)c(Br)n1C. The number of rotatable bonds is 2. The predicted molar refractivity (Wildman–Crippen MR) is 73.1 cm³/mol. The first kappa shape index (κ1) is 13.5. The van der Waals surface area contributed by atoms with E-state index < -0.39 is 0 Å². The molecule has 0 amide bonds. The van der Waals surface area contributed by atoms with Crippen molar-refractivity contribution in [2.45, 2.75) is 13.0 Å². The molecule has 0 spiro atoms. The van der Waals surface area contributed by atoms with Gasteiger partial charge in [-0.2, -0.15) is 5.26 Å². The summed E-state index contributed by atoms with van der Waals surface area (Å²) >= 11 is 3.53. The Labute approximate surface area is 116 Å². The molecule has 2 heterocycles. The summed E-state index contributed by atoms with van der Waals surface area (Å²) in [6, 6.07) is 2.13. The molecule has 1 unspecified atom stereocenters. The van der Waals surface area contributed by atoms with Gasteiger partial charge in [-0.05, 0) is 29.9 Å². The number of aryl methyl sites for hydroxylation is 1. The van der Waals surface area contributed by atoms with E-state index in [0.29, 0.717) is 0 Å². The molecule has 0 aromatic carbocycles. The van der Waals surface area contributed by atoms with Crippen LogP contribution >= 0.6 is 15.9 Å². The molecule has 98 valence electrons. The van der Waals surface area contributed by atoms with Gasteiger partial charge in [-0.25, -0.2) is 4.98 Å². The molecule has 0 saturated carbocycles. The maximum absolute atomic E-state index is 9.45. The second-order valence-electron chi connectivity index (χ2n) is 4.76. The first-order valence-corrected chi connectivity index (χ1v) is 6.84. The molecule has 1 aromatic heterocycles. The molecule has 0 bridgehead atoms. The Kier molecular flexibility index (Phi) is 4.05. The lowest BCUT2D eigenvalue weighted by Crippen LogP contribution is -2.45. The fourth-order valence-corrected chi connectivity index (χ4v) is 2.74. The molecule has 1 aliphatic rings. The van der Waals surface area contributed by atoms with Gasteiger partial charge in [-0.1, -0.05) is 0 Å². The normalized spacial score (nSPS) is 19.7. The van der Waals surface area contributed by atoms with Crippen molar-refractivity contribution in [2.75, 3.05) is 33.2 Å². The minimum Gasteiger partial charge on any atom is -0.326 e. The maximum Gasteiger partial charge on any atom is 0.143 e. The van der Waals surface area contributed by atoms with Crippen molar-refractivity contribution in [3.63, 3.8) is 0 Å². The van der Waals surface area contributed by atoms with Crippen LogP contribution in [-0.2, 0) is 7.05 Å². The number of imidazole rings is 1. The molecule has 1 aliphatic heterocycles. The Hall–Kier alpha value is -0.900. The third-order valence-electron chi connectivity index (χ3n) is 3.56. The lowest BCUT2D eigenvalue weighted by atomic mass is 10.2. The van der Waals surface area contributed by atoms with Gasteiger partial charge in [-0.15, -0.1) is 0 Å². The van der Waals surface area contributed by atoms with Gasteiger partial charge in [0.25, 0.3) is 0 Å². The van der Waals surface area contributed by atoms with Gasteiger partial charge in [-0.3, -0.25) is 4.90 Å². The summed E-state index contributed by atoms with van der Waals surface area (Å²) in [6.07, 6.45) is 0. The predicted octanol–water partition coefficient (Wildman–Crippen LogP) is 1.30. The van der Waals surface area contributed by atoms with Gasteiger partial charge >= 0.3 is 0 Å². The molecular formula is C12H18BrN5. The number of piperazine rings is 1. The van der Waals surface area contributed by atoms with Crippen LogP contribution < -0.4 is 0 Å². The van der Waals surface area contributed by atoms with Crippen molar-refractivity contribution in [2.24, 2.45) is 7.05 Å². The van der Waals surface area contributed by atoms with Crippen molar-refractivity contribution >= 4 is 15.9 Å². The van der Waals surface area contributed by atoms with Crippen LogP contribution in [0.2, 0.25) is 0 Å². The van der Waals surface area contributed by atoms with E-state index in [1.54, 1.807) is 0 Å². The van der Waals surface area contributed by atoms with Gasteiger partial charge in [0.05, 0.1) is 6.07 Å². The minimum absolute atomic E-state index is 0.257. The Bertz CT molecular complexity index is 468. The number of nitrogens with zero attached hydrogens (tertiary/aromatic N) is 5. The Morgan fingerprint density at radius 1 is 1.28 bits per heavy atom. The molecule has 0 radical (unpaired) electrons. The van der Waals surface area contributed by atoms with Crippen molar-refractivity contribution in [3.8, 4) is 6.07 Å². The average Bonchev–Trinajstić information content (AvgIpc) is 2.61. The Balaban J connectivity index is 2.23. The first-order valence-electron chi connectivity index (χ1n) is 6.05. The number of likely N-dealkylation sites (N-methyl/N-ethyl adjacent to an activating group) is 1. The Morgan fingerprint density at radius 2 is 1.89 bits per heavy atom. The van der Waals surface area contributed by atoms with E-state index in [9.17, 15) is 5.26 Å². The number of aromatic nitrogens is 2. The first-order chi connectivity index (χ1) is 8.54. The molecule has 0 aliphatic carbocycles. The summed E-state index contributed by atoms with van der Waals surface area (Å²) in [5.41, 5.74) is 0.835. The van der Waals surface area contributed by atoms with Crippen LogP contribution in [0.3, 0.4) is 0 Å². The second-order valence-corrected chi connectivity index (χ2v) is 5.52. The molecule has 18 heavy (non-hydrogen) atoms. The third-order valence-corrected chi connectivity index (χ3v) is 4.50. The van der Waals surface area contributed by atoms with Crippen LogP contribution in [0, 0.1) is 18.3 Å². The van der Waals surface area contributed by atoms with Crippen LogP contribution in [0.4, 0.5) is 0 Å². The van der Waals surface area contributed by atoms with Crippen molar-refractivity contribution in [1.29, 1.82) is 5.26 Å². The van der Waals surface area contributed by atoms with Gasteiger partial charge < -0.3 is 9.47 Å². The highest BCUT2D eigenvalue weighted by Gasteiger charge is 2.28. The molecule has 1 fully saturated rings. The number of halogens is 1. The molecule has 1 aromatic rings. The van der Waals surface area contributed by atoms with E-state index in [4.69, 9.17) is 0 Å².